The molecule has 0 heterocycles. The molecule has 0 spiro atoms. The molecular weight excluding hydrogens is 325 g/mol. The van der Waals surface area contributed by atoms with Crippen molar-refractivity contribution in [2.75, 3.05) is 0 Å². The summed E-state index contributed by atoms with van der Waals surface area (Å²) >= 11 is 2.27. The fourth-order valence-corrected chi connectivity index (χ4v) is 1.96. The van der Waals surface area contributed by atoms with Crippen LogP contribution in [0.15, 0.2) is 42.5 Å². The summed E-state index contributed by atoms with van der Waals surface area (Å²) in [6, 6.07) is 14.0. The third kappa shape index (κ3) is 3.20. The van der Waals surface area contributed by atoms with Gasteiger partial charge in [-0.3, -0.25) is 0 Å². The molecule has 2 rings (SSSR count). The average Bonchev–Trinajstić information content (AvgIpc) is 2.34. The highest BCUT2D eigenvalue weighted by Crippen LogP contribution is 2.26. The highest BCUT2D eigenvalue weighted by atomic mass is 127. The fourth-order valence-electron chi connectivity index (χ4n) is 1.60. The smallest absolute Gasteiger partial charge is 0.131 e. The zero-order chi connectivity index (χ0) is 12.3. The molecule has 0 saturated carbocycles. The van der Waals surface area contributed by atoms with Crippen LogP contribution in [0, 0.1) is 10.5 Å². The van der Waals surface area contributed by atoms with Crippen molar-refractivity contribution >= 4 is 22.6 Å². The SMILES string of the molecule is Cc1ccc(Oc2ccc(I)cc2)c(CN)c1. The van der Waals surface area contributed by atoms with Gasteiger partial charge in [-0.2, -0.15) is 0 Å². The van der Waals surface area contributed by atoms with Gasteiger partial charge in [0.05, 0.1) is 0 Å². The van der Waals surface area contributed by atoms with Crippen molar-refractivity contribution in [3.8, 4) is 11.5 Å². The van der Waals surface area contributed by atoms with Gasteiger partial charge in [0.1, 0.15) is 11.5 Å². The van der Waals surface area contributed by atoms with E-state index in [4.69, 9.17) is 10.5 Å². The van der Waals surface area contributed by atoms with Crippen LogP contribution in [0.2, 0.25) is 0 Å². The molecule has 0 aromatic heterocycles. The number of benzene rings is 2. The molecule has 0 unspecified atom stereocenters. The summed E-state index contributed by atoms with van der Waals surface area (Å²) < 4.78 is 7.02. The molecule has 0 bridgehead atoms. The lowest BCUT2D eigenvalue weighted by Crippen LogP contribution is -1.99. The van der Waals surface area contributed by atoms with Crippen LogP contribution in [-0.2, 0) is 6.54 Å². The van der Waals surface area contributed by atoms with Gasteiger partial charge in [-0.15, -0.1) is 0 Å². The number of nitrogens with two attached hydrogens (primary N) is 1. The number of ether oxygens (including phenoxy) is 1. The minimum atomic E-state index is 0.487. The van der Waals surface area contributed by atoms with Crippen LogP contribution < -0.4 is 10.5 Å². The number of aryl methyl sites for hydroxylation is 1. The average molecular weight is 339 g/mol. The molecule has 0 atom stereocenters. The Kier molecular flexibility index (Phi) is 4.02. The van der Waals surface area contributed by atoms with E-state index < -0.39 is 0 Å². The first-order valence-corrected chi connectivity index (χ1v) is 6.50. The Balaban J connectivity index is 2.26. The first-order chi connectivity index (χ1) is 8.19. The molecule has 0 radical (unpaired) electrons. The van der Waals surface area contributed by atoms with E-state index in [9.17, 15) is 0 Å². The van der Waals surface area contributed by atoms with Crippen LogP contribution in [0.3, 0.4) is 0 Å². The number of rotatable bonds is 3. The maximum atomic E-state index is 5.83. The van der Waals surface area contributed by atoms with Crippen molar-refractivity contribution in [3.63, 3.8) is 0 Å². The predicted molar refractivity (Wildman–Crippen MR) is 78.3 cm³/mol. The minimum absolute atomic E-state index is 0.487. The molecule has 0 saturated heterocycles. The van der Waals surface area contributed by atoms with Crippen molar-refractivity contribution < 1.29 is 4.74 Å². The van der Waals surface area contributed by atoms with Gasteiger partial charge in [0, 0.05) is 15.7 Å². The summed E-state index contributed by atoms with van der Waals surface area (Å²) in [6.45, 7) is 2.54. The van der Waals surface area contributed by atoms with E-state index in [-0.39, 0.29) is 0 Å². The second kappa shape index (κ2) is 5.51. The Morgan fingerprint density at radius 1 is 1.12 bits per heavy atom. The summed E-state index contributed by atoms with van der Waals surface area (Å²) in [5.74, 6) is 1.67. The van der Waals surface area contributed by atoms with Crippen LogP contribution >= 0.6 is 22.6 Å². The topological polar surface area (TPSA) is 35.2 Å². The van der Waals surface area contributed by atoms with E-state index in [0.717, 1.165) is 17.1 Å². The van der Waals surface area contributed by atoms with Gasteiger partial charge in [0.25, 0.3) is 0 Å². The summed E-state index contributed by atoms with van der Waals surface area (Å²) in [5, 5.41) is 0. The normalized spacial score (nSPS) is 10.3. The van der Waals surface area contributed by atoms with Crippen LogP contribution in [0.1, 0.15) is 11.1 Å². The number of hydrogen-bond donors (Lipinski definition) is 1. The molecule has 0 fully saturated rings. The first kappa shape index (κ1) is 12.4. The van der Waals surface area contributed by atoms with E-state index >= 15 is 0 Å². The molecule has 0 aliphatic heterocycles. The van der Waals surface area contributed by atoms with Gasteiger partial charge >= 0.3 is 0 Å². The molecule has 0 aliphatic carbocycles. The van der Waals surface area contributed by atoms with E-state index in [1.807, 2.05) is 43.3 Å². The lowest BCUT2D eigenvalue weighted by Gasteiger charge is -2.10. The highest BCUT2D eigenvalue weighted by molar-refractivity contribution is 14.1. The molecule has 0 aliphatic rings. The number of halogens is 1. The second-order valence-electron chi connectivity index (χ2n) is 3.87. The van der Waals surface area contributed by atoms with Crippen LogP contribution in [0.25, 0.3) is 0 Å². The second-order valence-corrected chi connectivity index (χ2v) is 5.12. The highest BCUT2D eigenvalue weighted by Gasteiger charge is 2.03. The maximum Gasteiger partial charge on any atom is 0.131 e. The van der Waals surface area contributed by atoms with E-state index in [1.54, 1.807) is 0 Å². The van der Waals surface area contributed by atoms with Gasteiger partial charge in [-0.1, -0.05) is 17.7 Å². The third-order valence-corrected chi connectivity index (χ3v) is 3.20. The van der Waals surface area contributed by atoms with Crippen molar-refractivity contribution in [2.45, 2.75) is 13.5 Å². The van der Waals surface area contributed by atoms with Crippen LogP contribution in [0.5, 0.6) is 11.5 Å². The Labute approximate surface area is 115 Å². The van der Waals surface area contributed by atoms with Crippen LogP contribution in [0.4, 0.5) is 0 Å². The molecule has 0 amide bonds. The third-order valence-electron chi connectivity index (χ3n) is 2.48. The van der Waals surface area contributed by atoms with Gasteiger partial charge in [-0.25, -0.2) is 0 Å². The molecule has 2 aromatic carbocycles. The predicted octanol–water partition coefficient (Wildman–Crippen LogP) is 3.85. The fraction of sp³-hybridized carbons (Fsp3) is 0.143. The van der Waals surface area contributed by atoms with Crippen molar-refractivity contribution in [1.82, 2.24) is 0 Å². The van der Waals surface area contributed by atoms with Gasteiger partial charge < -0.3 is 10.5 Å². The zero-order valence-electron chi connectivity index (χ0n) is 9.61. The monoisotopic (exact) mass is 339 g/mol. The standard InChI is InChI=1S/C14H14INO/c1-10-2-7-14(11(8-10)9-16)17-13-5-3-12(15)4-6-13/h2-8H,9,16H2,1H3. The molecular formula is C14H14INO. The summed E-state index contributed by atoms with van der Waals surface area (Å²) in [4.78, 5) is 0. The Hall–Kier alpha value is -1.07. The van der Waals surface area contributed by atoms with E-state index in [0.29, 0.717) is 6.54 Å². The summed E-state index contributed by atoms with van der Waals surface area (Å²) in [7, 11) is 0. The maximum absolute atomic E-state index is 5.83. The van der Waals surface area contributed by atoms with Gasteiger partial charge in [0.15, 0.2) is 0 Å². The molecule has 3 heteroatoms. The quantitative estimate of drug-likeness (QED) is 0.862. The lowest BCUT2D eigenvalue weighted by atomic mass is 10.1. The van der Waals surface area contributed by atoms with E-state index in [2.05, 4.69) is 28.7 Å². The Morgan fingerprint density at radius 3 is 2.47 bits per heavy atom. The molecule has 88 valence electrons. The zero-order valence-corrected chi connectivity index (χ0v) is 11.8. The number of hydrogen-bond acceptors (Lipinski definition) is 2. The largest absolute Gasteiger partial charge is 0.457 e. The van der Waals surface area contributed by atoms with Crippen molar-refractivity contribution in [2.24, 2.45) is 5.73 Å². The first-order valence-electron chi connectivity index (χ1n) is 5.42. The summed E-state index contributed by atoms with van der Waals surface area (Å²) in [6.07, 6.45) is 0. The van der Waals surface area contributed by atoms with Gasteiger partial charge in [0.2, 0.25) is 0 Å². The molecule has 2 N–H and O–H groups in total. The van der Waals surface area contributed by atoms with Crippen molar-refractivity contribution in [3.05, 3.63) is 57.2 Å². The Morgan fingerprint density at radius 2 is 1.82 bits per heavy atom. The Bertz CT molecular complexity index is 508. The summed E-state index contributed by atoms with van der Waals surface area (Å²) in [5.41, 5.74) is 7.94. The van der Waals surface area contributed by atoms with E-state index in [1.165, 1.54) is 9.13 Å². The van der Waals surface area contributed by atoms with Crippen molar-refractivity contribution in [1.29, 1.82) is 0 Å². The van der Waals surface area contributed by atoms with Crippen LogP contribution in [-0.4, -0.2) is 0 Å². The molecule has 2 aromatic rings. The lowest BCUT2D eigenvalue weighted by molar-refractivity contribution is 0.476. The van der Waals surface area contributed by atoms with Gasteiger partial charge in [-0.05, 0) is 59.8 Å². The molecule has 17 heavy (non-hydrogen) atoms. The molecule has 2 nitrogen and oxygen atoms in total. The minimum Gasteiger partial charge on any atom is -0.457 e.